The van der Waals surface area contributed by atoms with Crippen molar-refractivity contribution in [1.29, 1.82) is 0 Å². The molecule has 0 fully saturated rings. The van der Waals surface area contributed by atoms with Crippen molar-refractivity contribution in [1.82, 2.24) is 0 Å². The molecule has 0 saturated carbocycles. The largest absolute Gasteiger partial charge is 0.481 e. The Morgan fingerprint density at radius 2 is 1.71 bits per heavy atom. The number of hydrogen-bond donors (Lipinski definition) is 1. The van der Waals surface area contributed by atoms with E-state index in [2.05, 4.69) is 0 Å². The number of hydrogen-bond acceptors (Lipinski definition) is 6. The van der Waals surface area contributed by atoms with Crippen LogP contribution in [0.5, 0.6) is 0 Å². The van der Waals surface area contributed by atoms with Crippen molar-refractivity contribution in [3.63, 3.8) is 0 Å². The summed E-state index contributed by atoms with van der Waals surface area (Å²) >= 11 is 0. The average molecular weight is 304 g/mol. The molecule has 7 heteroatoms. The van der Waals surface area contributed by atoms with Crippen LogP contribution in [0, 0.1) is 5.41 Å². The van der Waals surface area contributed by atoms with Gasteiger partial charge in [0.25, 0.3) is 0 Å². The number of rotatable bonds is 11. The van der Waals surface area contributed by atoms with Crippen LogP contribution in [0.2, 0.25) is 0 Å². The van der Waals surface area contributed by atoms with Crippen LogP contribution in [0.25, 0.3) is 0 Å². The van der Waals surface area contributed by atoms with Crippen molar-refractivity contribution < 1.29 is 33.7 Å². The SMILES string of the molecule is CCOCCOC(=O)C(C)(CC)COC(=O)CCC(=O)O. The molecular formula is C14H24O7. The molecule has 1 unspecified atom stereocenters. The molecule has 0 radical (unpaired) electrons. The van der Waals surface area contributed by atoms with Crippen LogP contribution in [0.15, 0.2) is 0 Å². The molecule has 0 aromatic rings. The van der Waals surface area contributed by atoms with Gasteiger partial charge in [-0.05, 0) is 20.3 Å². The van der Waals surface area contributed by atoms with Gasteiger partial charge in [-0.15, -0.1) is 0 Å². The second kappa shape index (κ2) is 10.1. The van der Waals surface area contributed by atoms with E-state index >= 15 is 0 Å². The highest BCUT2D eigenvalue weighted by atomic mass is 16.6. The first-order chi connectivity index (χ1) is 9.85. The Kier molecular flexibility index (Phi) is 9.36. The molecule has 0 rings (SSSR count). The van der Waals surface area contributed by atoms with Crippen molar-refractivity contribution >= 4 is 17.9 Å². The minimum atomic E-state index is -1.07. The summed E-state index contributed by atoms with van der Waals surface area (Å²) in [4.78, 5) is 33.7. The lowest BCUT2D eigenvalue weighted by atomic mass is 9.89. The molecule has 122 valence electrons. The van der Waals surface area contributed by atoms with Crippen molar-refractivity contribution in [2.45, 2.75) is 40.0 Å². The van der Waals surface area contributed by atoms with Crippen LogP contribution in [-0.2, 0) is 28.6 Å². The zero-order chi connectivity index (χ0) is 16.3. The fourth-order valence-electron chi connectivity index (χ4n) is 1.34. The van der Waals surface area contributed by atoms with Crippen LogP contribution in [0.3, 0.4) is 0 Å². The highest BCUT2D eigenvalue weighted by molar-refractivity contribution is 5.78. The maximum Gasteiger partial charge on any atom is 0.315 e. The number of carbonyl (C=O) groups is 3. The molecule has 0 saturated heterocycles. The summed E-state index contributed by atoms with van der Waals surface area (Å²) in [5, 5.41) is 8.47. The lowest BCUT2D eigenvalue weighted by molar-refractivity contribution is -0.164. The Balaban J connectivity index is 4.22. The molecule has 0 aliphatic heterocycles. The van der Waals surface area contributed by atoms with Gasteiger partial charge in [0.2, 0.25) is 0 Å². The Morgan fingerprint density at radius 1 is 1.05 bits per heavy atom. The fourth-order valence-corrected chi connectivity index (χ4v) is 1.34. The lowest BCUT2D eigenvalue weighted by Gasteiger charge is -2.25. The Hall–Kier alpha value is -1.63. The average Bonchev–Trinajstić information content (AvgIpc) is 2.46. The highest BCUT2D eigenvalue weighted by Crippen LogP contribution is 2.23. The number of aliphatic carboxylic acids is 1. The van der Waals surface area contributed by atoms with Gasteiger partial charge >= 0.3 is 17.9 Å². The number of carboxylic acids is 1. The van der Waals surface area contributed by atoms with E-state index in [4.69, 9.17) is 19.3 Å². The molecule has 1 N–H and O–H groups in total. The third kappa shape index (κ3) is 8.29. The molecule has 21 heavy (non-hydrogen) atoms. The van der Waals surface area contributed by atoms with Gasteiger partial charge in [0.15, 0.2) is 0 Å². The zero-order valence-corrected chi connectivity index (χ0v) is 12.8. The second-order valence-corrected chi connectivity index (χ2v) is 4.80. The summed E-state index contributed by atoms with van der Waals surface area (Å²) in [5.74, 6) is -2.17. The molecule has 0 aromatic heterocycles. The van der Waals surface area contributed by atoms with E-state index in [1.807, 2.05) is 6.92 Å². The predicted molar refractivity (Wildman–Crippen MR) is 73.7 cm³/mol. The molecule has 0 bridgehead atoms. The smallest absolute Gasteiger partial charge is 0.315 e. The van der Waals surface area contributed by atoms with Gasteiger partial charge in [0.05, 0.1) is 24.9 Å². The Bertz CT molecular complexity index is 353. The summed E-state index contributed by atoms with van der Waals surface area (Å²) < 4.78 is 15.1. The van der Waals surface area contributed by atoms with Crippen molar-refractivity contribution in [3.8, 4) is 0 Å². The molecule has 0 spiro atoms. The van der Waals surface area contributed by atoms with Gasteiger partial charge in [-0.1, -0.05) is 6.92 Å². The molecule has 0 heterocycles. The van der Waals surface area contributed by atoms with Crippen LogP contribution in [0.4, 0.5) is 0 Å². The number of esters is 2. The van der Waals surface area contributed by atoms with E-state index in [1.165, 1.54) is 0 Å². The van der Waals surface area contributed by atoms with Crippen LogP contribution >= 0.6 is 0 Å². The molecular weight excluding hydrogens is 280 g/mol. The van der Waals surface area contributed by atoms with E-state index in [9.17, 15) is 14.4 Å². The predicted octanol–water partition coefficient (Wildman–Crippen LogP) is 1.39. The molecule has 0 amide bonds. The monoisotopic (exact) mass is 304 g/mol. The van der Waals surface area contributed by atoms with Gasteiger partial charge in [0, 0.05) is 6.61 Å². The quantitative estimate of drug-likeness (QED) is 0.455. The van der Waals surface area contributed by atoms with Gasteiger partial charge in [-0.25, -0.2) is 0 Å². The molecule has 0 aromatic carbocycles. The zero-order valence-electron chi connectivity index (χ0n) is 12.8. The van der Waals surface area contributed by atoms with Crippen molar-refractivity contribution in [2.75, 3.05) is 26.4 Å². The minimum Gasteiger partial charge on any atom is -0.481 e. The van der Waals surface area contributed by atoms with Gasteiger partial charge in [-0.3, -0.25) is 14.4 Å². The molecule has 0 aliphatic rings. The van der Waals surface area contributed by atoms with E-state index in [0.717, 1.165) is 0 Å². The van der Waals surface area contributed by atoms with E-state index < -0.39 is 23.3 Å². The van der Waals surface area contributed by atoms with Crippen molar-refractivity contribution in [3.05, 3.63) is 0 Å². The minimum absolute atomic E-state index is 0.130. The first-order valence-corrected chi connectivity index (χ1v) is 6.98. The summed E-state index contributed by atoms with van der Waals surface area (Å²) in [6.07, 6.45) is -0.0678. The van der Waals surface area contributed by atoms with E-state index in [0.29, 0.717) is 19.6 Å². The number of carbonyl (C=O) groups excluding carboxylic acids is 2. The van der Waals surface area contributed by atoms with Crippen molar-refractivity contribution in [2.24, 2.45) is 5.41 Å². The highest BCUT2D eigenvalue weighted by Gasteiger charge is 2.34. The van der Waals surface area contributed by atoms with Crippen LogP contribution in [-0.4, -0.2) is 49.4 Å². The topological polar surface area (TPSA) is 99.1 Å². The molecule has 0 aliphatic carbocycles. The van der Waals surface area contributed by atoms with E-state index in [-0.39, 0.29) is 26.1 Å². The van der Waals surface area contributed by atoms with Gasteiger partial charge in [0.1, 0.15) is 13.2 Å². The second-order valence-electron chi connectivity index (χ2n) is 4.80. The molecule has 7 nitrogen and oxygen atoms in total. The lowest BCUT2D eigenvalue weighted by Crippen LogP contribution is -2.35. The fraction of sp³-hybridized carbons (Fsp3) is 0.786. The normalized spacial score (nSPS) is 13.3. The molecule has 1 atom stereocenters. The summed E-state index contributed by atoms with van der Waals surface area (Å²) in [6, 6.07) is 0. The first-order valence-electron chi connectivity index (χ1n) is 6.98. The number of ether oxygens (including phenoxy) is 3. The van der Waals surface area contributed by atoms with E-state index in [1.54, 1.807) is 13.8 Å². The number of carboxylic acid groups (broad SMARTS) is 1. The summed E-state index contributed by atoms with van der Waals surface area (Å²) in [5.41, 5.74) is -0.939. The first kappa shape index (κ1) is 19.4. The van der Waals surface area contributed by atoms with Gasteiger partial charge in [-0.2, -0.15) is 0 Å². The Morgan fingerprint density at radius 3 is 2.24 bits per heavy atom. The van der Waals surface area contributed by atoms with Crippen LogP contribution in [0.1, 0.15) is 40.0 Å². The maximum absolute atomic E-state index is 12.0. The van der Waals surface area contributed by atoms with Crippen LogP contribution < -0.4 is 0 Å². The summed E-state index contributed by atoms with van der Waals surface area (Å²) in [7, 11) is 0. The summed E-state index contributed by atoms with van der Waals surface area (Å²) in [6.45, 7) is 6.15. The standard InChI is InChI=1S/C14H24O7/c1-4-14(3,13(18)20-9-8-19-5-2)10-21-12(17)7-6-11(15)16/h4-10H2,1-3H3,(H,15,16). The third-order valence-corrected chi connectivity index (χ3v) is 3.03. The Labute approximate surface area is 124 Å². The van der Waals surface area contributed by atoms with Gasteiger partial charge < -0.3 is 19.3 Å². The third-order valence-electron chi connectivity index (χ3n) is 3.03. The maximum atomic E-state index is 12.0.